The zero-order valence-corrected chi connectivity index (χ0v) is 17.2. The highest BCUT2D eigenvalue weighted by atomic mass is 79.9. The van der Waals surface area contributed by atoms with Crippen molar-refractivity contribution in [3.8, 4) is 0 Å². The number of hydrogen-bond acceptors (Lipinski definition) is 2. The molecule has 25 heavy (non-hydrogen) atoms. The summed E-state index contributed by atoms with van der Waals surface area (Å²) < 4.78 is 1.83. The Hall–Kier alpha value is -1.66. The fourth-order valence-electron chi connectivity index (χ4n) is 3.24. The summed E-state index contributed by atoms with van der Waals surface area (Å²) in [4.78, 5) is 29.3. The van der Waals surface area contributed by atoms with Crippen LogP contribution in [0.2, 0.25) is 0 Å². The van der Waals surface area contributed by atoms with E-state index in [-0.39, 0.29) is 11.9 Å². The van der Waals surface area contributed by atoms with Crippen molar-refractivity contribution in [2.45, 2.75) is 32.2 Å². The van der Waals surface area contributed by atoms with E-state index in [2.05, 4.69) is 31.9 Å². The summed E-state index contributed by atoms with van der Waals surface area (Å²) in [6.07, 6.45) is 1.40. The third-order valence-electron chi connectivity index (χ3n) is 4.45. The van der Waals surface area contributed by atoms with Crippen LogP contribution in [0.1, 0.15) is 26.7 Å². The Balaban J connectivity index is 2.09. The van der Waals surface area contributed by atoms with Crippen molar-refractivity contribution in [1.82, 2.24) is 0 Å². The van der Waals surface area contributed by atoms with Gasteiger partial charge in [-0.1, -0.05) is 45.2 Å². The van der Waals surface area contributed by atoms with Crippen LogP contribution in [0.25, 0.3) is 0 Å². The standard InChI is InChI=1S/C19H18Br2N2O2/c1-3-12-19(2)17(24)22(15-8-4-13(20)5-9-15)18(25)23(19)16-10-6-14(21)7-11-16/h4-11H,3,12H2,1-2H3. The third kappa shape index (κ3) is 3.13. The van der Waals surface area contributed by atoms with E-state index in [1.807, 2.05) is 50.2 Å². The van der Waals surface area contributed by atoms with Crippen LogP contribution in [0.15, 0.2) is 57.5 Å². The van der Waals surface area contributed by atoms with Crippen LogP contribution in [0.3, 0.4) is 0 Å². The Bertz CT molecular complexity index is 805. The zero-order chi connectivity index (χ0) is 18.2. The Labute approximate surface area is 164 Å². The normalized spacial score (nSPS) is 20.5. The highest BCUT2D eigenvalue weighted by molar-refractivity contribution is 9.10. The molecule has 1 unspecified atom stereocenters. The molecule has 1 atom stereocenters. The maximum Gasteiger partial charge on any atom is 0.336 e. The van der Waals surface area contributed by atoms with Gasteiger partial charge in [0.1, 0.15) is 5.54 Å². The van der Waals surface area contributed by atoms with Crippen molar-refractivity contribution in [1.29, 1.82) is 0 Å². The van der Waals surface area contributed by atoms with Crippen molar-refractivity contribution < 1.29 is 9.59 Å². The second-order valence-corrected chi connectivity index (χ2v) is 8.07. The summed E-state index contributed by atoms with van der Waals surface area (Å²) in [7, 11) is 0. The minimum Gasteiger partial charge on any atom is -0.279 e. The molecule has 2 aromatic carbocycles. The summed E-state index contributed by atoms with van der Waals surface area (Å²) in [6.45, 7) is 3.86. The van der Waals surface area contributed by atoms with Gasteiger partial charge < -0.3 is 0 Å². The van der Waals surface area contributed by atoms with Gasteiger partial charge in [0, 0.05) is 14.6 Å². The summed E-state index contributed by atoms with van der Waals surface area (Å²) in [5.74, 6) is -0.190. The fourth-order valence-corrected chi connectivity index (χ4v) is 3.77. The van der Waals surface area contributed by atoms with E-state index < -0.39 is 5.54 Å². The maximum absolute atomic E-state index is 13.2. The fraction of sp³-hybridized carbons (Fsp3) is 0.263. The number of urea groups is 1. The summed E-state index contributed by atoms with van der Waals surface area (Å²) >= 11 is 6.79. The molecule has 3 rings (SSSR count). The molecule has 0 saturated carbocycles. The number of rotatable bonds is 4. The molecule has 0 aliphatic carbocycles. The van der Waals surface area contributed by atoms with Gasteiger partial charge in [-0.25, -0.2) is 9.69 Å². The first-order valence-corrected chi connectivity index (χ1v) is 9.67. The molecule has 1 aliphatic rings. The van der Waals surface area contributed by atoms with Gasteiger partial charge in [-0.3, -0.25) is 9.69 Å². The first-order valence-electron chi connectivity index (χ1n) is 8.08. The van der Waals surface area contributed by atoms with Gasteiger partial charge in [-0.15, -0.1) is 0 Å². The van der Waals surface area contributed by atoms with Crippen LogP contribution >= 0.6 is 31.9 Å². The first-order chi connectivity index (χ1) is 11.9. The smallest absolute Gasteiger partial charge is 0.279 e. The number of carbonyl (C=O) groups excluding carboxylic acids is 2. The van der Waals surface area contributed by atoms with Gasteiger partial charge >= 0.3 is 6.03 Å². The van der Waals surface area contributed by atoms with E-state index >= 15 is 0 Å². The average molecular weight is 466 g/mol. The average Bonchev–Trinajstić information content (AvgIpc) is 2.77. The number of anilines is 2. The molecule has 1 heterocycles. The van der Waals surface area contributed by atoms with Gasteiger partial charge in [0.25, 0.3) is 5.91 Å². The molecule has 3 amide bonds. The minimum absolute atomic E-state index is 0.190. The molecule has 6 heteroatoms. The van der Waals surface area contributed by atoms with Crippen LogP contribution in [0, 0.1) is 0 Å². The summed E-state index contributed by atoms with van der Waals surface area (Å²) in [5, 5.41) is 0. The topological polar surface area (TPSA) is 40.6 Å². The first kappa shape index (κ1) is 18.1. The van der Waals surface area contributed by atoms with E-state index in [1.165, 1.54) is 4.90 Å². The summed E-state index contributed by atoms with van der Waals surface area (Å²) in [5.41, 5.74) is 0.407. The molecule has 1 aliphatic heterocycles. The lowest BCUT2D eigenvalue weighted by molar-refractivity contribution is -0.121. The van der Waals surface area contributed by atoms with Crippen molar-refractivity contribution in [3.05, 3.63) is 57.5 Å². The predicted molar refractivity (Wildman–Crippen MR) is 107 cm³/mol. The van der Waals surface area contributed by atoms with E-state index in [0.29, 0.717) is 12.1 Å². The van der Waals surface area contributed by atoms with Crippen LogP contribution in [0.4, 0.5) is 16.2 Å². The molecule has 0 spiro atoms. The molecule has 1 saturated heterocycles. The number of benzene rings is 2. The van der Waals surface area contributed by atoms with Gasteiger partial charge in [-0.2, -0.15) is 0 Å². The molecular weight excluding hydrogens is 448 g/mol. The Kier molecular flexibility index (Phi) is 5.02. The molecular formula is C19H18Br2N2O2. The number of carbonyl (C=O) groups is 2. The Morgan fingerprint density at radius 3 is 1.84 bits per heavy atom. The molecule has 130 valence electrons. The number of imide groups is 1. The van der Waals surface area contributed by atoms with Crippen molar-refractivity contribution >= 4 is 55.2 Å². The van der Waals surface area contributed by atoms with Gasteiger partial charge in [-0.05, 0) is 61.9 Å². The van der Waals surface area contributed by atoms with E-state index in [1.54, 1.807) is 17.0 Å². The molecule has 0 N–H and O–H groups in total. The van der Waals surface area contributed by atoms with Crippen molar-refractivity contribution in [3.63, 3.8) is 0 Å². The van der Waals surface area contributed by atoms with Gasteiger partial charge in [0.05, 0.1) is 5.69 Å². The molecule has 4 nitrogen and oxygen atoms in total. The largest absolute Gasteiger partial charge is 0.336 e. The van der Waals surface area contributed by atoms with E-state index in [0.717, 1.165) is 21.1 Å². The number of hydrogen-bond donors (Lipinski definition) is 0. The van der Waals surface area contributed by atoms with Crippen LogP contribution in [0.5, 0.6) is 0 Å². The predicted octanol–water partition coefficient (Wildman–Crippen LogP) is 5.74. The number of amides is 3. The molecule has 0 bridgehead atoms. The number of nitrogens with zero attached hydrogens (tertiary/aromatic N) is 2. The second kappa shape index (κ2) is 6.92. The van der Waals surface area contributed by atoms with Gasteiger partial charge in [0.15, 0.2) is 0 Å². The zero-order valence-electron chi connectivity index (χ0n) is 14.0. The van der Waals surface area contributed by atoms with Crippen molar-refractivity contribution in [2.24, 2.45) is 0 Å². The third-order valence-corrected chi connectivity index (χ3v) is 5.50. The molecule has 1 fully saturated rings. The van der Waals surface area contributed by atoms with E-state index in [4.69, 9.17) is 0 Å². The lowest BCUT2D eigenvalue weighted by Gasteiger charge is -2.31. The number of halogens is 2. The van der Waals surface area contributed by atoms with Crippen LogP contribution in [-0.4, -0.2) is 17.5 Å². The lowest BCUT2D eigenvalue weighted by Crippen LogP contribution is -2.47. The Morgan fingerprint density at radius 1 is 0.880 bits per heavy atom. The van der Waals surface area contributed by atoms with Crippen molar-refractivity contribution in [2.75, 3.05) is 9.80 Å². The van der Waals surface area contributed by atoms with Crippen LogP contribution in [-0.2, 0) is 4.79 Å². The SMILES string of the molecule is CCCC1(C)C(=O)N(c2ccc(Br)cc2)C(=O)N1c1ccc(Br)cc1. The maximum atomic E-state index is 13.2. The van der Waals surface area contributed by atoms with Gasteiger partial charge in [0.2, 0.25) is 0 Å². The lowest BCUT2D eigenvalue weighted by atomic mass is 9.93. The molecule has 2 aromatic rings. The quantitative estimate of drug-likeness (QED) is 0.540. The summed E-state index contributed by atoms with van der Waals surface area (Å²) in [6, 6.07) is 14.4. The second-order valence-electron chi connectivity index (χ2n) is 6.24. The monoisotopic (exact) mass is 464 g/mol. The molecule has 0 radical (unpaired) electrons. The van der Waals surface area contributed by atoms with Crippen LogP contribution < -0.4 is 9.80 Å². The highest BCUT2D eigenvalue weighted by Gasteiger charge is 2.54. The molecule has 0 aromatic heterocycles. The highest BCUT2D eigenvalue weighted by Crippen LogP contribution is 2.39. The minimum atomic E-state index is -0.896. The van der Waals surface area contributed by atoms with E-state index in [9.17, 15) is 9.59 Å². The Morgan fingerprint density at radius 2 is 1.36 bits per heavy atom.